The molecule has 2 heterocycles. The van der Waals surface area contributed by atoms with E-state index >= 15 is 0 Å². The monoisotopic (exact) mass is 279 g/mol. The van der Waals surface area contributed by atoms with E-state index < -0.39 is 0 Å². The lowest BCUT2D eigenvalue weighted by atomic mass is 10.1. The van der Waals surface area contributed by atoms with Gasteiger partial charge in [0.25, 0.3) is 0 Å². The van der Waals surface area contributed by atoms with Crippen LogP contribution in [0.15, 0.2) is 61.1 Å². The lowest BCUT2D eigenvalue weighted by Gasteiger charge is -2.02. The SMILES string of the molecule is N#Cc1cn(-c2ccnc(Cl)c2)cc1-c1ccccc1. The summed E-state index contributed by atoms with van der Waals surface area (Å²) in [7, 11) is 0. The topological polar surface area (TPSA) is 41.6 Å². The minimum Gasteiger partial charge on any atom is -0.322 e. The number of aromatic nitrogens is 2. The van der Waals surface area contributed by atoms with Crippen LogP contribution in [0.5, 0.6) is 0 Å². The van der Waals surface area contributed by atoms with Crippen LogP contribution in [0.1, 0.15) is 5.56 Å². The van der Waals surface area contributed by atoms with Gasteiger partial charge in [-0.15, -0.1) is 0 Å². The molecule has 0 aliphatic rings. The highest BCUT2D eigenvalue weighted by Crippen LogP contribution is 2.26. The number of rotatable bonds is 2. The number of hydrogen-bond acceptors (Lipinski definition) is 2. The molecule has 0 saturated carbocycles. The van der Waals surface area contributed by atoms with Gasteiger partial charge in [-0.1, -0.05) is 41.9 Å². The van der Waals surface area contributed by atoms with Crippen molar-refractivity contribution < 1.29 is 0 Å². The highest BCUT2D eigenvalue weighted by molar-refractivity contribution is 6.29. The van der Waals surface area contributed by atoms with Crippen LogP contribution in [0.25, 0.3) is 16.8 Å². The van der Waals surface area contributed by atoms with E-state index in [0.29, 0.717) is 10.7 Å². The van der Waals surface area contributed by atoms with Crippen LogP contribution in [0.3, 0.4) is 0 Å². The standard InChI is InChI=1S/C16H10ClN3/c17-16-8-14(6-7-19-16)20-10-13(9-18)15(11-20)12-4-2-1-3-5-12/h1-8,10-11H. The fourth-order valence-corrected chi connectivity index (χ4v) is 2.26. The Kier molecular flexibility index (Phi) is 3.24. The van der Waals surface area contributed by atoms with Crippen molar-refractivity contribution in [2.75, 3.05) is 0 Å². The molecule has 0 unspecified atom stereocenters. The molecule has 96 valence electrons. The fraction of sp³-hybridized carbons (Fsp3) is 0. The first-order valence-electron chi connectivity index (χ1n) is 6.07. The summed E-state index contributed by atoms with van der Waals surface area (Å²) in [5.74, 6) is 0. The van der Waals surface area contributed by atoms with Gasteiger partial charge in [-0.05, 0) is 17.7 Å². The van der Waals surface area contributed by atoms with Crippen LogP contribution < -0.4 is 0 Å². The lowest BCUT2D eigenvalue weighted by Crippen LogP contribution is -1.90. The van der Waals surface area contributed by atoms with Crippen molar-refractivity contribution >= 4 is 11.6 Å². The van der Waals surface area contributed by atoms with Crippen LogP contribution >= 0.6 is 11.6 Å². The highest BCUT2D eigenvalue weighted by Gasteiger charge is 2.09. The zero-order valence-corrected chi connectivity index (χ0v) is 11.2. The Morgan fingerprint density at radius 1 is 1.10 bits per heavy atom. The molecular formula is C16H10ClN3. The van der Waals surface area contributed by atoms with Crippen LogP contribution in [-0.2, 0) is 0 Å². The molecular weight excluding hydrogens is 270 g/mol. The zero-order chi connectivity index (χ0) is 13.9. The van der Waals surface area contributed by atoms with Gasteiger partial charge in [0.1, 0.15) is 11.2 Å². The van der Waals surface area contributed by atoms with Crippen molar-refractivity contribution in [1.82, 2.24) is 9.55 Å². The third kappa shape index (κ3) is 2.29. The smallest absolute Gasteiger partial charge is 0.131 e. The number of pyridine rings is 1. The number of nitrogens with zero attached hydrogens (tertiary/aromatic N) is 3. The first-order valence-corrected chi connectivity index (χ1v) is 6.45. The molecule has 0 fully saturated rings. The molecule has 3 rings (SSSR count). The zero-order valence-electron chi connectivity index (χ0n) is 10.5. The summed E-state index contributed by atoms with van der Waals surface area (Å²) < 4.78 is 1.88. The van der Waals surface area contributed by atoms with E-state index in [2.05, 4.69) is 11.1 Å². The van der Waals surface area contributed by atoms with Gasteiger partial charge in [-0.25, -0.2) is 4.98 Å². The first-order chi connectivity index (χ1) is 9.78. The van der Waals surface area contributed by atoms with Gasteiger partial charge < -0.3 is 4.57 Å². The van der Waals surface area contributed by atoms with E-state index in [1.165, 1.54) is 0 Å². The summed E-state index contributed by atoms with van der Waals surface area (Å²) in [6.07, 6.45) is 5.37. The minimum absolute atomic E-state index is 0.427. The van der Waals surface area contributed by atoms with Crippen LogP contribution in [0.2, 0.25) is 5.15 Å². The molecule has 0 radical (unpaired) electrons. The lowest BCUT2D eigenvalue weighted by molar-refractivity contribution is 1.07. The Morgan fingerprint density at radius 2 is 1.90 bits per heavy atom. The second kappa shape index (κ2) is 5.20. The van der Waals surface area contributed by atoms with Gasteiger partial charge in [0.05, 0.1) is 5.56 Å². The summed E-state index contributed by atoms with van der Waals surface area (Å²) in [5, 5.41) is 9.72. The van der Waals surface area contributed by atoms with Crippen LogP contribution in [0.4, 0.5) is 0 Å². The summed E-state index contributed by atoms with van der Waals surface area (Å²) in [4.78, 5) is 3.96. The molecule has 0 saturated heterocycles. The second-order valence-corrected chi connectivity index (χ2v) is 4.69. The molecule has 0 amide bonds. The second-order valence-electron chi connectivity index (χ2n) is 4.31. The summed E-state index contributed by atoms with van der Waals surface area (Å²) >= 11 is 5.90. The maximum absolute atomic E-state index is 9.29. The van der Waals surface area contributed by atoms with Gasteiger partial charge in [-0.2, -0.15) is 5.26 Å². The van der Waals surface area contributed by atoms with Gasteiger partial charge in [-0.3, -0.25) is 0 Å². The van der Waals surface area contributed by atoms with Gasteiger partial charge in [0.15, 0.2) is 0 Å². The Morgan fingerprint density at radius 3 is 2.60 bits per heavy atom. The largest absolute Gasteiger partial charge is 0.322 e. The van der Waals surface area contributed by atoms with E-state index in [4.69, 9.17) is 11.6 Å². The Labute approximate surface area is 121 Å². The third-order valence-electron chi connectivity index (χ3n) is 3.04. The number of nitriles is 1. The minimum atomic E-state index is 0.427. The molecule has 1 aromatic carbocycles. The van der Waals surface area contributed by atoms with Gasteiger partial charge in [0, 0.05) is 29.8 Å². The highest BCUT2D eigenvalue weighted by atomic mass is 35.5. The molecule has 3 aromatic rings. The normalized spacial score (nSPS) is 10.2. The van der Waals surface area contributed by atoms with Crippen LogP contribution in [0, 0.1) is 11.3 Å². The molecule has 0 spiro atoms. The van der Waals surface area contributed by atoms with Crippen molar-refractivity contribution in [2.45, 2.75) is 0 Å². The molecule has 0 N–H and O–H groups in total. The van der Waals surface area contributed by atoms with Gasteiger partial charge in [0.2, 0.25) is 0 Å². The first kappa shape index (κ1) is 12.5. The number of halogens is 1. The summed E-state index contributed by atoms with van der Waals surface area (Å²) in [6.45, 7) is 0. The van der Waals surface area contributed by atoms with Crippen molar-refractivity contribution in [2.24, 2.45) is 0 Å². The predicted octanol–water partition coefficient (Wildman–Crippen LogP) is 4.06. The fourth-order valence-electron chi connectivity index (χ4n) is 2.09. The molecule has 2 aromatic heterocycles. The van der Waals surface area contributed by atoms with Crippen molar-refractivity contribution in [1.29, 1.82) is 5.26 Å². The maximum atomic E-state index is 9.29. The molecule has 0 bridgehead atoms. The molecule has 20 heavy (non-hydrogen) atoms. The van der Waals surface area contributed by atoms with Gasteiger partial charge >= 0.3 is 0 Å². The van der Waals surface area contributed by atoms with Crippen molar-refractivity contribution in [3.05, 3.63) is 71.8 Å². The Bertz CT molecular complexity index is 785. The average molecular weight is 280 g/mol. The molecule has 0 atom stereocenters. The number of benzene rings is 1. The van der Waals surface area contributed by atoms with E-state index in [0.717, 1.165) is 16.8 Å². The molecule has 0 aliphatic heterocycles. The van der Waals surface area contributed by atoms with Crippen molar-refractivity contribution in [3.63, 3.8) is 0 Å². The summed E-state index contributed by atoms with van der Waals surface area (Å²) in [5.41, 5.74) is 3.43. The van der Waals surface area contributed by atoms with E-state index in [1.54, 1.807) is 18.5 Å². The number of hydrogen-bond donors (Lipinski definition) is 0. The predicted molar refractivity (Wildman–Crippen MR) is 78.7 cm³/mol. The Balaban J connectivity index is 2.13. The van der Waals surface area contributed by atoms with Crippen molar-refractivity contribution in [3.8, 4) is 22.9 Å². The molecule has 3 nitrogen and oxygen atoms in total. The van der Waals surface area contributed by atoms with Crippen LogP contribution in [-0.4, -0.2) is 9.55 Å². The van der Waals surface area contributed by atoms with E-state index in [1.807, 2.05) is 47.2 Å². The summed E-state index contributed by atoms with van der Waals surface area (Å²) in [6, 6.07) is 15.7. The Hall–Kier alpha value is -2.57. The quantitative estimate of drug-likeness (QED) is 0.664. The molecule has 0 aliphatic carbocycles. The maximum Gasteiger partial charge on any atom is 0.131 e. The van der Waals surface area contributed by atoms with E-state index in [9.17, 15) is 5.26 Å². The molecule has 4 heteroatoms. The third-order valence-corrected chi connectivity index (χ3v) is 3.25. The average Bonchev–Trinajstić information content (AvgIpc) is 2.92. The van der Waals surface area contributed by atoms with E-state index in [-0.39, 0.29) is 0 Å².